The molecule has 3 N–H and O–H groups in total. The van der Waals surface area contributed by atoms with Crippen LogP contribution in [0.5, 0.6) is 0 Å². The predicted molar refractivity (Wildman–Crippen MR) is 99.9 cm³/mol. The summed E-state index contributed by atoms with van der Waals surface area (Å²) in [6, 6.07) is 12.4. The first-order chi connectivity index (χ1) is 11.5. The number of urea groups is 1. The van der Waals surface area contributed by atoms with Crippen LogP contribution in [0.2, 0.25) is 10.0 Å². The van der Waals surface area contributed by atoms with Gasteiger partial charge in [0.05, 0.1) is 6.10 Å². The third-order valence-corrected chi connectivity index (χ3v) is 4.70. The van der Waals surface area contributed by atoms with Gasteiger partial charge in [-0.25, -0.2) is 4.79 Å². The molecule has 0 radical (unpaired) electrons. The van der Waals surface area contributed by atoms with E-state index in [1.54, 1.807) is 30.0 Å². The fraction of sp³-hybridized carbons (Fsp3) is 0.235. The van der Waals surface area contributed by atoms with Crippen LogP contribution >= 0.6 is 35.0 Å². The van der Waals surface area contributed by atoms with Crippen molar-refractivity contribution in [1.29, 1.82) is 0 Å². The summed E-state index contributed by atoms with van der Waals surface area (Å²) in [5.74, 6) is 0. The molecule has 0 aliphatic rings. The van der Waals surface area contributed by atoms with Crippen LogP contribution in [0.4, 0.5) is 4.79 Å². The highest BCUT2D eigenvalue weighted by Crippen LogP contribution is 2.25. The minimum absolute atomic E-state index is 0.0542. The number of aliphatic hydroxyl groups is 1. The van der Waals surface area contributed by atoms with E-state index in [0.717, 1.165) is 5.56 Å². The van der Waals surface area contributed by atoms with Crippen molar-refractivity contribution in [2.75, 3.05) is 12.8 Å². The molecule has 2 aromatic carbocycles. The molecule has 128 valence electrons. The Kier molecular flexibility index (Phi) is 7.24. The molecule has 0 bridgehead atoms. The molecule has 0 saturated heterocycles. The molecular formula is C17H18Cl2N2O2S. The zero-order chi connectivity index (χ0) is 17.5. The molecule has 0 aromatic heterocycles. The molecule has 0 aliphatic heterocycles. The zero-order valence-corrected chi connectivity index (χ0v) is 15.4. The summed E-state index contributed by atoms with van der Waals surface area (Å²) in [4.78, 5) is 13.0. The van der Waals surface area contributed by atoms with Gasteiger partial charge in [-0.2, -0.15) is 0 Å². The smallest absolute Gasteiger partial charge is 0.315 e. The third-order valence-electron chi connectivity index (χ3n) is 3.39. The van der Waals surface area contributed by atoms with Crippen molar-refractivity contribution in [3.05, 3.63) is 63.6 Å². The van der Waals surface area contributed by atoms with Crippen LogP contribution in [-0.2, 0) is 6.54 Å². The maximum Gasteiger partial charge on any atom is 0.315 e. The molecule has 0 heterocycles. The zero-order valence-electron chi connectivity index (χ0n) is 13.1. The standard InChI is InChI=1S/C17H18Cl2N2O2S/c1-24-13-5-2-11(3-6-13)9-20-17(23)21-10-16(22)14-7-4-12(18)8-15(14)19/h2-8,16,22H,9-10H2,1H3,(H2,20,21,23). The van der Waals surface area contributed by atoms with Crippen LogP contribution in [0.15, 0.2) is 47.4 Å². The fourth-order valence-corrected chi connectivity index (χ4v) is 3.00. The fourth-order valence-electron chi connectivity index (χ4n) is 2.06. The summed E-state index contributed by atoms with van der Waals surface area (Å²) in [6.45, 7) is 0.469. The van der Waals surface area contributed by atoms with Crippen molar-refractivity contribution in [3.8, 4) is 0 Å². The highest BCUT2D eigenvalue weighted by molar-refractivity contribution is 7.98. The van der Waals surface area contributed by atoms with E-state index in [2.05, 4.69) is 10.6 Å². The highest BCUT2D eigenvalue weighted by atomic mass is 35.5. The first-order valence-electron chi connectivity index (χ1n) is 7.27. The Balaban J connectivity index is 1.79. The van der Waals surface area contributed by atoms with Gasteiger partial charge in [0.25, 0.3) is 0 Å². The number of halogens is 2. The summed E-state index contributed by atoms with van der Waals surface area (Å²) in [5.41, 5.74) is 1.53. The van der Waals surface area contributed by atoms with E-state index in [1.807, 2.05) is 30.5 Å². The normalized spacial score (nSPS) is 11.8. The maximum absolute atomic E-state index is 11.8. The lowest BCUT2D eigenvalue weighted by molar-refractivity contribution is 0.173. The number of thioether (sulfide) groups is 1. The summed E-state index contributed by atoms with van der Waals surface area (Å²) in [6.07, 6.45) is 1.11. The van der Waals surface area contributed by atoms with Crippen LogP contribution in [0, 0.1) is 0 Å². The Bertz CT molecular complexity index is 695. The van der Waals surface area contributed by atoms with Gasteiger partial charge in [0.2, 0.25) is 0 Å². The Labute approximate surface area is 155 Å². The average Bonchev–Trinajstić information content (AvgIpc) is 2.58. The lowest BCUT2D eigenvalue weighted by Crippen LogP contribution is -2.37. The molecule has 0 spiro atoms. The quantitative estimate of drug-likeness (QED) is 0.652. The van der Waals surface area contributed by atoms with E-state index in [-0.39, 0.29) is 12.6 Å². The molecule has 4 nitrogen and oxygen atoms in total. The van der Waals surface area contributed by atoms with Gasteiger partial charge < -0.3 is 15.7 Å². The van der Waals surface area contributed by atoms with Crippen molar-refractivity contribution in [2.45, 2.75) is 17.5 Å². The molecule has 2 rings (SSSR count). The summed E-state index contributed by atoms with van der Waals surface area (Å²) in [7, 11) is 0. The van der Waals surface area contributed by atoms with Crippen molar-refractivity contribution in [3.63, 3.8) is 0 Å². The summed E-state index contributed by atoms with van der Waals surface area (Å²) < 4.78 is 0. The van der Waals surface area contributed by atoms with Gasteiger partial charge in [-0.05, 0) is 36.1 Å². The van der Waals surface area contributed by atoms with E-state index in [1.165, 1.54) is 4.90 Å². The number of hydrogen-bond donors (Lipinski definition) is 3. The second-order valence-corrected chi connectivity index (χ2v) is 6.82. The number of carbonyl (C=O) groups is 1. The molecule has 1 atom stereocenters. The van der Waals surface area contributed by atoms with Crippen molar-refractivity contribution >= 4 is 41.0 Å². The third kappa shape index (κ3) is 5.60. The minimum Gasteiger partial charge on any atom is -0.387 e. The molecule has 0 fully saturated rings. The molecule has 0 aliphatic carbocycles. The predicted octanol–water partition coefficient (Wildman–Crippen LogP) is 4.25. The van der Waals surface area contributed by atoms with Gasteiger partial charge in [-0.15, -0.1) is 11.8 Å². The highest BCUT2D eigenvalue weighted by Gasteiger charge is 2.13. The topological polar surface area (TPSA) is 61.4 Å². The van der Waals surface area contributed by atoms with Gasteiger partial charge in [-0.3, -0.25) is 0 Å². The molecule has 2 aromatic rings. The first kappa shape index (κ1) is 18.9. The lowest BCUT2D eigenvalue weighted by atomic mass is 10.1. The molecule has 1 unspecified atom stereocenters. The van der Waals surface area contributed by atoms with Crippen LogP contribution in [0.3, 0.4) is 0 Å². The second-order valence-electron chi connectivity index (χ2n) is 5.09. The molecule has 0 saturated carbocycles. The number of rotatable bonds is 6. The van der Waals surface area contributed by atoms with Crippen LogP contribution in [-0.4, -0.2) is 23.9 Å². The van der Waals surface area contributed by atoms with Gasteiger partial charge in [0.1, 0.15) is 0 Å². The molecule has 24 heavy (non-hydrogen) atoms. The number of benzene rings is 2. The Hall–Kier alpha value is -1.40. The maximum atomic E-state index is 11.8. The number of aliphatic hydroxyl groups excluding tert-OH is 1. The second kappa shape index (κ2) is 9.18. The lowest BCUT2D eigenvalue weighted by Gasteiger charge is -2.14. The Morgan fingerprint density at radius 2 is 1.88 bits per heavy atom. The van der Waals surface area contributed by atoms with Gasteiger partial charge >= 0.3 is 6.03 Å². The number of hydrogen-bond acceptors (Lipinski definition) is 3. The van der Waals surface area contributed by atoms with Crippen molar-refractivity contribution in [1.82, 2.24) is 10.6 Å². The monoisotopic (exact) mass is 384 g/mol. The Morgan fingerprint density at radius 1 is 1.17 bits per heavy atom. The van der Waals surface area contributed by atoms with Crippen LogP contribution in [0.25, 0.3) is 0 Å². The van der Waals surface area contributed by atoms with E-state index < -0.39 is 6.10 Å². The molecule has 7 heteroatoms. The molecular weight excluding hydrogens is 367 g/mol. The summed E-state index contributed by atoms with van der Waals surface area (Å²) >= 11 is 13.5. The average molecular weight is 385 g/mol. The van der Waals surface area contributed by atoms with E-state index in [4.69, 9.17) is 23.2 Å². The first-order valence-corrected chi connectivity index (χ1v) is 9.25. The van der Waals surface area contributed by atoms with E-state index in [0.29, 0.717) is 22.2 Å². The van der Waals surface area contributed by atoms with Crippen LogP contribution < -0.4 is 10.6 Å². The van der Waals surface area contributed by atoms with Crippen molar-refractivity contribution in [2.24, 2.45) is 0 Å². The Morgan fingerprint density at radius 3 is 2.50 bits per heavy atom. The number of carbonyl (C=O) groups excluding carboxylic acids is 1. The number of nitrogens with one attached hydrogen (secondary N) is 2. The number of amides is 2. The minimum atomic E-state index is -0.902. The summed E-state index contributed by atoms with van der Waals surface area (Å²) in [5, 5.41) is 16.3. The van der Waals surface area contributed by atoms with Gasteiger partial charge in [-0.1, -0.05) is 41.4 Å². The SMILES string of the molecule is CSc1ccc(CNC(=O)NCC(O)c2ccc(Cl)cc2Cl)cc1. The molecule has 2 amide bonds. The van der Waals surface area contributed by atoms with Gasteiger partial charge in [0.15, 0.2) is 0 Å². The van der Waals surface area contributed by atoms with Crippen LogP contribution in [0.1, 0.15) is 17.2 Å². The van der Waals surface area contributed by atoms with E-state index >= 15 is 0 Å². The van der Waals surface area contributed by atoms with E-state index in [9.17, 15) is 9.90 Å². The van der Waals surface area contributed by atoms with Gasteiger partial charge in [0, 0.05) is 33.6 Å². The largest absolute Gasteiger partial charge is 0.387 e. The van der Waals surface area contributed by atoms with Crippen molar-refractivity contribution < 1.29 is 9.90 Å².